The number of aliphatic hydroxyl groups excluding tert-OH is 1. The molecule has 36 heavy (non-hydrogen) atoms. The van der Waals surface area contributed by atoms with E-state index in [-0.39, 0.29) is 11.6 Å². The molecular weight excluding hydrogens is 474 g/mol. The Morgan fingerprint density at radius 3 is 2.72 bits per heavy atom. The molecule has 0 radical (unpaired) electrons. The SMILES string of the molecule is C=c1c(-c2cc(NS(=O)(=O)CC)c3cnn(Cc4cccc(C)c4C)c3c2)cn(C)/c1=C(O)/N=C\C. The van der Waals surface area contributed by atoms with Crippen molar-refractivity contribution in [2.75, 3.05) is 10.5 Å². The lowest BCUT2D eigenvalue weighted by Gasteiger charge is -2.12. The van der Waals surface area contributed by atoms with E-state index in [4.69, 9.17) is 0 Å². The number of sulfonamides is 1. The molecule has 0 amide bonds. The fourth-order valence-corrected chi connectivity index (χ4v) is 4.98. The van der Waals surface area contributed by atoms with E-state index >= 15 is 0 Å². The molecule has 8 nitrogen and oxygen atoms in total. The molecule has 2 N–H and O–H groups in total. The van der Waals surface area contributed by atoms with Crippen LogP contribution in [0.2, 0.25) is 0 Å². The summed E-state index contributed by atoms with van der Waals surface area (Å²) in [6.45, 7) is 12.2. The van der Waals surface area contributed by atoms with Gasteiger partial charge in [-0.3, -0.25) is 9.40 Å². The molecule has 0 aliphatic heterocycles. The molecule has 2 heterocycles. The van der Waals surface area contributed by atoms with Crippen LogP contribution in [-0.2, 0) is 23.6 Å². The minimum absolute atomic E-state index is 0.0523. The van der Waals surface area contributed by atoms with Crippen LogP contribution in [0, 0.1) is 13.8 Å². The number of aryl methyl sites for hydroxylation is 2. The van der Waals surface area contributed by atoms with Crippen LogP contribution in [-0.4, -0.2) is 39.8 Å². The first-order chi connectivity index (χ1) is 17.1. The minimum atomic E-state index is -3.53. The Hall–Kier alpha value is -3.85. The summed E-state index contributed by atoms with van der Waals surface area (Å²) in [6.07, 6.45) is 5.05. The van der Waals surface area contributed by atoms with Crippen molar-refractivity contribution >= 4 is 45.3 Å². The Labute approximate surface area is 211 Å². The second-order valence-corrected chi connectivity index (χ2v) is 10.8. The number of aromatic nitrogens is 3. The monoisotopic (exact) mass is 505 g/mol. The highest BCUT2D eigenvalue weighted by molar-refractivity contribution is 7.92. The van der Waals surface area contributed by atoms with Crippen molar-refractivity contribution in [2.45, 2.75) is 34.2 Å². The summed E-state index contributed by atoms with van der Waals surface area (Å²) in [5.41, 5.74) is 6.26. The lowest BCUT2D eigenvalue weighted by atomic mass is 10.0. The second kappa shape index (κ2) is 9.66. The third kappa shape index (κ3) is 4.66. The average Bonchev–Trinajstić information content (AvgIpc) is 3.36. The molecule has 0 aliphatic rings. The van der Waals surface area contributed by atoms with Crippen molar-refractivity contribution in [3.05, 3.63) is 70.0 Å². The van der Waals surface area contributed by atoms with Crippen molar-refractivity contribution in [3.63, 3.8) is 0 Å². The van der Waals surface area contributed by atoms with Crippen LogP contribution in [0.1, 0.15) is 30.5 Å². The predicted molar refractivity (Wildman–Crippen MR) is 147 cm³/mol. The first-order valence-corrected chi connectivity index (χ1v) is 13.3. The normalized spacial score (nSPS) is 13.0. The number of hydrogen-bond donors (Lipinski definition) is 2. The lowest BCUT2D eigenvalue weighted by Crippen LogP contribution is -2.29. The van der Waals surface area contributed by atoms with Crippen molar-refractivity contribution in [2.24, 2.45) is 12.0 Å². The molecule has 9 heteroatoms. The highest BCUT2D eigenvalue weighted by atomic mass is 32.2. The van der Waals surface area contributed by atoms with E-state index in [1.54, 1.807) is 37.7 Å². The molecule has 0 saturated carbocycles. The van der Waals surface area contributed by atoms with E-state index in [1.807, 2.05) is 23.0 Å². The summed E-state index contributed by atoms with van der Waals surface area (Å²) < 4.78 is 31.4. The van der Waals surface area contributed by atoms with Gasteiger partial charge in [0.15, 0.2) is 0 Å². The van der Waals surface area contributed by atoms with Crippen molar-refractivity contribution in [3.8, 4) is 11.1 Å². The smallest absolute Gasteiger partial charge is 0.235 e. The summed E-state index contributed by atoms with van der Waals surface area (Å²) in [6, 6.07) is 9.94. The molecular formula is C27H31N5O3S. The van der Waals surface area contributed by atoms with Gasteiger partial charge in [-0.2, -0.15) is 5.10 Å². The van der Waals surface area contributed by atoms with E-state index in [9.17, 15) is 13.5 Å². The molecule has 0 unspecified atom stereocenters. The number of hydrogen-bond acceptors (Lipinski definition) is 5. The highest BCUT2D eigenvalue weighted by Crippen LogP contribution is 2.31. The summed E-state index contributed by atoms with van der Waals surface area (Å²) in [4.78, 5) is 4.00. The Morgan fingerprint density at radius 1 is 1.28 bits per heavy atom. The number of rotatable bonds is 7. The standard InChI is InChI=1S/C27H31N5O3S/c1-7-28-27(33)26-19(5)23(16-31(26)6)21-12-24(30-36(34,35)8-2)22-14-29-32(25(22)13-21)15-20-11-9-10-17(3)18(20)4/h7,9-14,16,30,33H,5,8,15H2,1-4,6H3/b27-26-,28-7-. The highest BCUT2D eigenvalue weighted by Gasteiger charge is 2.17. The summed E-state index contributed by atoms with van der Waals surface area (Å²) in [7, 11) is -1.73. The number of benzene rings is 2. The zero-order valence-corrected chi connectivity index (χ0v) is 22.0. The Bertz CT molecular complexity index is 1710. The molecule has 0 fully saturated rings. The quantitative estimate of drug-likeness (QED) is 0.375. The Morgan fingerprint density at radius 2 is 2.03 bits per heavy atom. The maximum Gasteiger partial charge on any atom is 0.235 e. The second-order valence-electron chi connectivity index (χ2n) is 8.82. The molecule has 0 spiro atoms. The zero-order valence-electron chi connectivity index (χ0n) is 21.2. The van der Waals surface area contributed by atoms with Crippen LogP contribution in [0.25, 0.3) is 34.5 Å². The third-order valence-electron chi connectivity index (χ3n) is 6.51. The van der Waals surface area contributed by atoms with Gasteiger partial charge < -0.3 is 9.67 Å². The molecule has 0 bridgehead atoms. The number of aliphatic imine (C=N–C) groups is 1. The number of fused-ring (bicyclic) bond motifs is 1. The molecule has 0 aliphatic carbocycles. The summed E-state index contributed by atoms with van der Waals surface area (Å²) >= 11 is 0. The van der Waals surface area contributed by atoms with Gasteiger partial charge in [-0.25, -0.2) is 13.4 Å². The maximum atomic E-state index is 12.5. The third-order valence-corrected chi connectivity index (χ3v) is 7.80. The largest absolute Gasteiger partial charge is 0.492 e. The molecule has 4 rings (SSSR count). The Balaban J connectivity index is 1.97. The van der Waals surface area contributed by atoms with E-state index in [0.29, 0.717) is 28.2 Å². The van der Waals surface area contributed by atoms with Crippen LogP contribution >= 0.6 is 0 Å². The van der Waals surface area contributed by atoms with Gasteiger partial charge in [-0.1, -0.05) is 24.8 Å². The molecule has 2 aromatic carbocycles. The van der Waals surface area contributed by atoms with Gasteiger partial charge >= 0.3 is 0 Å². The van der Waals surface area contributed by atoms with Crippen LogP contribution < -0.4 is 15.3 Å². The first kappa shape index (κ1) is 25.2. The van der Waals surface area contributed by atoms with Crippen LogP contribution in [0.4, 0.5) is 5.69 Å². The van der Waals surface area contributed by atoms with E-state index in [1.165, 1.54) is 17.3 Å². The zero-order chi connectivity index (χ0) is 26.2. The average molecular weight is 506 g/mol. The van der Waals surface area contributed by atoms with Gasteiger partial charge in [0.25, 0.3) is 0 Å². The Kier molecular flexibility index (Phi) is 6.77. The number of nitrogens with zero attached hydrogens (tertiary/aromatic N) is 4. The molecule has 0 saturated heterocycles. The van der Waals surface area contributed by atoms with Gasteiger partial charge in [0, 0.05) is 35.6 Å². The molecule has 188 valence electrons. The summed E-state index contributed by atoms with van der Waals surface area (Å²) in [5.74, 6) is -0.187. The van der Waals surface area contributed by atoms with Crippen molar-refractivity contribution in [1.29, 1.82) is 0 Å². The van der Waals surface area contributed by atoms with Crippen LogP contribution in [0.5, 0.6) is 0 Å². The van der Waals surface area contributed by atoms with Crippen molar-refractivity contribution in [1.82, 2.24) is 14.3 Å². The van der Waals surface area contributed by atoms with Crippen LogP contribution in [0.15, 0.2) is 47.7 Å². The van der Waals surface area contributed by atoms with Crippen molar-refractivity contribution < 1.29 is 13.5 Å². The van der Waals surface area contributed by atoms with E-state index in [2.05, 4.69) is 47.4 Å². The fourth-order valence-electron chi connectivity index (χ4n) is 4.33. The minimum Gasteiger partial charge on any atom is -0.492 e. The molecule has 2 aromatic heterocycles. The fraction of sp³-hybridized carbons (Fsp3) is 0.259. The lowest BCUT2D eigenvalue weighted by molar-refractivity contribution is 0.488. The number of aliphatic hydroxyl groups is 1. The van der Waals surface area contributed by atoms with E-state index < -0.39 is 10.0 Å². The summed E-state index contributed by atoms with van der Waals surface area (Å²) in [5, 5.41) is 16.8. The topological polar surface area (TPSA) is 102 Å². The number of anilines is 1. The van der Waals surface area contributed by atoms with Gasteiger partial charge in [-0.15, -0.1) is 0 Å². The van der Waals surface area contributed by atoms with Crippen LogP contribution in [0.3, 0.4) is 0 Å². The molecule has 4 aromatic rings. The van der Waals surface area contributed by atoms with Gasteiger partial charge in [0.05, 0.1) is 29.7 Å². The number of nitrogens with one attached hydrogen (secondary N) is 1. The van der Waals surface area contributed by atoms with E-state index in [0.717, 1.165) is 22.2 Å². The first-order valence-electron chi connectivity index (χ1n) is 11.7. The predicted octanol–water partition coefficient (Wildman–Crippen LogP) is 3.59. The van der Waals surface area contributed by atoms with Gasteiger partial charge in [-0.05, 0) is 62.1 Å². The van der Waals surface area contributed by atoms with Gasteiger partial charge in [0.1, 0.15) is 5.35 Å². The maximum absolute atomic E-state index is 12.5. The van der Waals surface area contributed by atoms with Gasteiger partial charge in [0.2, 0.25) is 15.9 Å². The molecule has 0 atom stereocenters.